The lowest BCUT2D eigenvalue weighted by Gasteiger charge is -2.43. The van der Waals surface area contributed by atoms with Crippen molar-refractivity contribution in [1.82, 2.24) is 15.5 Å². The molecule has 4 atom stereocenters. The van der Waals surface area contributed by atoms with Crippen molar-refractivity contribution >= 4 is 29.3 Å². The van der Waals surface area contributed by atoms with Crippen LogP contribution in [0.3, 0.4) is 0 Å². The molecule has 4 rings (SSSR count). The third-order valence-electron chi connectivity index (χ3n) is 6.98. The summed E-state index contributed by atoms with van der Waals surface area (Å²) in [7, 11) is 0. The van der Waals surface area contributed by atoms with Crippen molar-refractivity contribution in [3.05, 3.63) is 29.8 Å². The minimum atomic E-state index is -0.0385. The molecule has 1 aliphatic carbocycles. The molecule has 1 saturated carbocycles. The Morgan fingerprint density at radius 3 is 2.61 bits per heavy atom. The first kappa shape index (κ1) is 22.6. The predicted molar refractivity (Wildman–Crippen MR) is 127 cm³/mol. The van der Waals surface area contributed by atoms with Crippen LogP contribution in [-0.4, -0.2) is 53.0 Å². The van der Waals surface area contributed by atoms with E-state index in [2.05, 4.69) is 39.9 Å². The number of rotatable bonds is 6. The maximum absolute atomic E-state index is 12.5. The summed E-state index contributed by atoms with van der Waals surface area (Å²) in [6, 6.07) is 8.50. The van der Waals surface area contributed by atoms with Crippen LogP contribution >= 0.6 is 11.8 Å². The summed E-state index contributed by atoms with van der Waals surface area (Å²) in [6.45, 7) is 6.99. The van der Waals surface area contributed by atoms with Crippen molar-refractivity contribution in [2.75, 3.05) is 24.2 Å². The number of likely N-dealkylation sites (tertiary alicyclic amines) is 1. The Balaban J connectivity index is 1.18. The first-order valence-electron chi connectivity index (χ1n) is 11.7. The molecule has 2 saturated heterocycles. The standard InChI is InChI=1S/C24H36N4O2S/c1-16-4-3-5-21-23(16)26-22(27-24(21)30)15-31-20-10-12-28(13-11-20)14-18-6-8-19(9-7-18)25-17(2)29/h6-9,16,20-23,26H,3-5,10-15H2,1-2H3,(H,25,29)(H,27,30). The van der Waals surface area contributed by atoms with Crippen LogP contribution in [0.4, 0.5) is 5.69 Å². The van der Waals surface area contributed by atoms with Crippen molar-refractivity contribution in [3.63, 3.8) is 0 Å². The van der Waals surface area contributed by atoms with Gasteiger partial charge in [0.1, 0.15) is 0 Å². The molecule has 0 bridgehead atoms. The highest BCUT2D eigenvalue weighted by molar-refractivity contribution is 7.99. The first-order chi connectivity index (χ1) is 15.0. The van der Waals surface area contributed by atoms with Crippen LogP contribution in [0, 0.1) is 11.8 Å². The third kappa shape index (κ3) is 6.02. The van der Waals surface area contributed by atoms with Gasteiger partial charge in [-0.05, 0) is 62.4 Å². The molecular weight excluding hydrogens is 408 g/mol. The predicted octanol–water partition coefficient (Wildman–Crippen LogP) is 3.19. The lowest BCUT2D eigenvalue weighted by molar-refractivity contribution is -0.131. The second-order valence-electron chi connectivity index (χ2n) is 9.46. The van der Waals surface area contributed by atoms with Gasteiger partial charge in [-0.1, -0.05) is 25.5 Å². The van der Waals surface area contributed by atoms with E-state index in [0.717, 1.165) is 37.5 Å². The summed E-state index contributed by atoms with van der Waals surface area (Å²) in [5.74, 6) is 1.94. The number of hydrogen-bond donors (Lipinski definition) is 3. The Bertz CT molecular complexity index is 763. The van der Waals surface area contributed by atoms with Crippen molar-refractivity contribution in [2.45, 2.75) is 70.0 Å². The van der Waals surface area contributed by atoms with Crippen LogP contribution < -0.4 is 16.0 Å². The van der Waals surface area contributed by atoms with E-state index < -0.39 is 0 Å². The highest BCUT2D eigenvalue weighted by Gasteiger charge is 2.40. The van der Waals surface area contributed by atoms with Gasteiger partial charge < -0.3 is 10.6 Å². The molecule has 170 valence electrons. The van der Waals surface area contributed by atoms with Gasteiger partial charge in [-0.2, -0.15) is 11.8 Å². The zero-order chi connectivity index (χ0) is 21.8. The highest BCUT2D eigenvalue weighted by atomic mass is 32.2. The molecule has 2 heterocycles. The van der Waals surface area contributed by atoms with E-state index >= 15 is 0 Å². The van der Waals surface area contributed by atoms with Crippen LogP contribution in [-0.2, 0) is 16.1 Å². The average Bonchev–Trinajstić information content (AvgIpc) is 2.75. The Labute approximate surface area is 190 Å². The third-order valence-corrected chi connectivity index (χ3v) is 8.45. The minimum Gasteiger partial charge on any atom is -0.340 e. The molecule has 1 aromatic carbocycles. The molecule has 3 N–H and O–H groups in total. The highest BCUT2D eigenvalue weighted by Crippen LogP contribution is 2.32. The largest absolute Gasteiger partial charge is 0.340 e. The van der Waals surface area contributed by atoms with Gasteiger partial charge in [-0.25, -0.2) is 0 Å². The van der Waals surface area contributed by atoms with Crippen LogP contribution in [0.2, 0.25) is 0 Å². The molecule has 0 aromatic heterocycles. The zero-order valence-corrected chi connectivity index (χ0v) is 19.5. The molecule has 2 amide bonds. The summed E-state index contributed by atoms with van der Waals surface area (Å²) in [5.41, 5.74) is 2.13. The second kappa shape index (κ2) is 10.4. The molecular formula is C24H36N4O2S. The van der Waals surface area contributed by atoms with Gasteiger partial charge in [0.15, 0.2) is 0 Å². The first-order valence-corrected chi connectivity index (χ1v) is 12.8. The fraction of sp³-hybridized carbons (Fsp3) is 0.667. The molecule has 7 heteroatoms. The normalized spacial score (nSPS) is 29.8. The fourth-order valence-corrected chi connectivity index (χ4v) is 6.44. The lowest BCUT2D eigenvalue weighted by atomic mass is 9.76. The quantitative estimate of drug-likeness (QED) is 0.628. The molecule has 0 radical (unpaired) electrons. The monoisotopic (exact) mass is 444 g/mol. The van der Waals surface area contributed by atoms with Gasteiger partial charge in [-0.15, -0.1) is 0 Å². The molecule has 6 nitrogen and oxygen atoms in total. The van der Waals surface area contributed by atoms with Crippen molar-refractivity contribution < 1.29 is 9.59 Å². The Hall–Kier alpha value is -1.57. The summed E-state index contributed by atoms with van der Waals surface area (Å²) in [5, 5.41) is 10.5. The number of fused-ring (bicyclic) bond motifs is 1. The number of carbonyl (C=O) groups excluding carboxylic acids is 2. The van der Waals surface area contributed by atoms with Gasteiger partial charge in [0, 0.05) is 36.2 Å². The van der Waals surface area contributed by atoms with Crippen LogP contribution in [0.1, 0.15) is 51.5 Å². The fourth-order valence-electron chi connectivity index (χ4n) is 5.25. The Morgan fingerprint density at radius 1 is 1.16 bits per heavy atom. The number of nitrogens with zero attached hydrogens (tertiary/aromatic N) is 1. The number of amides is 2. The van der Waals surface area contributed by atoms with E-state index in [1.807, 2.05) is 23.9 Å². The summed E-state index contributed by atoms with van der Waals surface area (Å²) < 4.78 is 0. The molecule has 1 aromatic rings. The summed E-state index contributed by atoms with van der Waals surface area (Å²) in [4.78, 5) is 26.2. The number of hydrogen-bond acceptors (Lipinski definition) is 5. The van der Waals surface area contributed by atoms with Crippen molar-refractivity contribution in [3.8, 4) is 0 Å². The van der Waals surface area contributed by atoms with Gasteiger partial charge in [0.2, 0.25) is 11.8 Å². The van der Waals surface area contributed by atoms with E-state index in [9.17, 15) is 9.59 Å². The van der Waals surface area contributed by atoms with Gasteiger partial charge >= 0.3 is 0 Å². The van der Waals surface area contributed by atoms with Crippen LogP contribution in [0.25, 0.3) is 0 Å². The van der Waals surface area contributed by atoms with E-state index in [1.54, 1.807) is 0 Å². The minimum absolute atomic E-state index is 0.0385. The zero-order valence-electron chi connectivity index (χ0n) is 18.7. The van der Waals surface area contributed by atoms with Crippen molar-refractivity contribution in [1.29, 1.82) is 0 Å². The van der Waals surface area contributed by atoms with Gasteiger partial charge in [0.05, 0.1) is 12.1 Å². The smallest absolute Gasteiger partial charge is 0.225 e. The number of thioether (sulfide) groups is 1. The van der Waals surface area contributed by atoms with E-state index in [0.29, 0.717) is 17.2 Å². The molecule has 31 heavy (non-hydrogen) atoms. The van der Waals surface area contributed by atoms with E-state index in [-0.39, 0.29) is 23.9 Å². The maximum Gasteiger partial charge on any atom is 0.225 e. The second-order valence-corrected chi connectivity index (χ2v) is 10.8. The summed E-state index contributed by atoms with van der Waals surface area (Å²) >= 11 is 2.02. The Morgan fingerprint density at radius 2 is 1.90 bits per heavy atom. The number of nitrogens with one attached hydrogen (secondary N) is 3. The lowest BCUT2D eigenvalue weighted by Crippen LogP contribution is -2.65. The number of carbonyl (C=O) groups is 2. The Kier molecular flexibility index (Phi) is 7.56. The van der Waals surface area contributed by atoms with E-state index in [4.69, 9.17) is 0 Å². The molecule has 2 aliphatic heterocycles. The molecule has 4 unspecified atom stereocenters. The van der Waals surface area contributed by atoms with E-state index in [1.165, 1.54) is 38.2 Å². The number of piperidine rings is 1. The molecule has 3 aliphatic rings. The topological polar surface area (TPSA) is 73.5 Å². The number of anilines is 1. The number of benzene rings is 1. The maximum atomic E-state index is 12.5. The van der Waals surface area contributed by atoms with Crippen LogP contribution in [0.5, 0.6) is 0 Å². The molecule has 3 fully saturated rings. The van der Waals surface area contributed by atoms with Gasteiger partial charge in [0.25, 0.3) is 0 Å². The van der Waals surface area contributed by atoms with Crippen molar-refractivity contribution in [2.24, 2.45) is 11.8 Å². The SMILES string of the molecule is CC(=O)Nc1ccc(CN2CCC(SCC3NC(=O)C4CCCC(C)C4N3)CC2)cc1. The van der Waals surface area contributed by atoms with Gasteiger partial charge in [-0.3, -0.25) is 19.8 Å². The average molecular weight is 445 g/mol. The summed E-state index contributed by atoms with van der Waals surface area (Å²) in [6.07, 6.45) is 5.93. The van der Waals surface area contributed by atoms with Crippen LogP contribution in [0.15, 0.2) is 24.3 Å². The molecule has 0 spiro atoms.